The molecule has 0 radical (unpaired) electrons. The summed E-state index contributed by atoms with van der Waals surface area (Å²) in [7, 11) is -3.56. The van der Waals surface area contributed by atoms with Gasteiger partial charge in [-0.05, 0) is 36.8 Å². The molecule has 1 aromatic rings. The molecule has 1 atom stereocenters. The molecule has 0 spiro atoms. The van der Waals surface area contributed by atoms with Crippen LogP contribution in [-0.4, -0.2) is 43.4 Å². The minimum Gasteiger partial charge on any atom is -0.395 e. The molecule has 0 aromatic heterocycles. The molecule has 6 heteroatoms. The van der Waals surface area contributed by atoms with Crippen molar-refractivity contribution >= 4 is 10.0 Å². The number of hydrogen-bond acceptors (Lipinski definition) is 3. The van der Waals surface area contributed by atoms with Crippen molar-refractivity contribution in [3.63, 3.8) is 0 Å². The summed E-state index contributed by atoms with van der Waals surface area (Å²) in [6.45, 7) is -0.811. The summed E-state index contributed by atoms with van der Waals surface area (Å²) in [5, 5.41) is 9.22. The third-order valence-corrected chi connectivity index (χ3v) is 5.86. The number of halogens is 1. The highest BCUT2D eigenvalue weighted by Crippen LogP contribution is 2.35. The van der Waals surface area contributed by atoms with Crippen LogP contribution < -0.4 is 0 Å². The quantitative estimate of drug-likeness (QED) is 0.838. The number of alkyl halides is 1. The molecule has 0 bridgehead atoms. The van der Waals surface area contributed by atoms with Crippen molar-refractivity contribution < 1.29 is 17.9 Å². The summed E-state index contributed by atoms with van der Waals surface area (Å²) >= 11 is 0. The van der Waals surface area contributed by atoms with E-state index in [4.69, 9.17) is 0 Å². The first-order valence-electron chi connectivity index (χ1n) is 7.34. The fraction of sp³-hybridized carbons (Fsp3) is 0.600. The number of aryl methyl sites for hydroxylation is 1. The van der Waals surface area contributed by atoms with Crippen LogP contribution >= 0.6 is 0 Å². The predicted molar refractivity (Wildman–Crippen MR) is 80.3 cm³/mol. The topological polar surface area (TPSA) is 57.6 Å². The number of rotatable bonds is 7. The van der Waals surface area contributed by atoms with Gasteiger partial charge in [-0.3, -0.25) is 4.39 Å². The number of hydrogen-bond donors (Lipinski definition) is 1. The summed E-state index contributed by atoms with van der Waals surface area (Å²) in [6.07, 6.45) is 2.61. The van der Waals surface area contributed by atoms with Crippen LogP contribution in [-0.2, 0) is 16.4 Å². The van der Waals surface area contributed by atoms with Gasteiger partial charge >= 0.3 is 0 Å². The summed E-state index contributed by atoms with van der Waals surface area (Å²) < 4.78 is 38.6. The first-order chi connectivity index (χ1) is 10.1. The van der Waals surface area contributed by atoms with E-state index in [1.807, 2.05) is 24.3 Å². The van der Waals surface area contributed by atoms with Crippen LogP contribution in [0.2, 0.25) is 0 Å². The summed E-state index contributed by atoms with van der Waals surface area (Å²) in [5.41, 5.74) is 2.18. The third-order valence-electron chi connectivity index (χ3n) is 3.90. The van der Waals surface area contributed by atoms with Crippen molar-refractivity contribution in [2.75, 3.05) is 25.6 Å². The Kier molecular flexibility index (Phi) is 5.72. The zero-order valence-electron chi connectivity index (χ0n) is 12.0. The zero-order chi connectivity index (χ0) is 15.3. The minimum absolute atomic E-state index is 0.00136. The molecule has 0 amide bonds. The molecule has 21 heavy (non-hydrogen) atoms. The molecule has 1 aliphatic carbocycles. The SMILES string of the molecule is O=S(=O)(CCCF)N(CCO)C1CCCc2ccccc21. The van der Waals surface area contributed by atoms with Gasteiger partial charge in [0.05, 0.1) is 25.1 Å². The van der Waals surface area contributed by atoms with Crippen LogP contribution in [0, 0.1) is 0 Å². The van der Waals surface area contributed by atoms with Gasteiger partial charge in [-0.1, -0.05) is 24.3 Å². The average molecular weight is 315 g/mol. The average Bonchev–Trinajstić information content (AvgIpc) is 2.50. The lowest BCUT2D eigenvalue weighted by molar-refractivity contribution is 0.215. The molecule has 1 unspecified atom stereocenters. The standard InChI is InChI=1S/C15H22FNO3S/c16-9-4-12-21(19,20)17(10-11-18)15-8-3-6-13-5-1-2-7-14(13)15/h1-2,5,7,15,18H,3-4,6,8-12H2. The van der Waals surface area contributed by atoms with Gasteiger partial charge in [0, 0.05) is 6.54 Å². The van der Waals surface area contributed by atoms with Gasteiger partial charge in [0.1, 0.15) is 0 Å². The number of benzene rings is 1. The second-order valence-corrected chi connectivity index (χ2v) is 7.34. The molecule has 0 saturated carbocycles. The largest absolute Gasteiger partial charge is 0.395 e. The fourth-order valence-electron chi connectivity index (χ4n) is 2.97. The zero-order valence-corrected chi connectivity index (χ0v) is 12.9. The number of aliphatic hydroxyl groups excluding tert-OH is 1. The lowest BCUT2D eigenvalue weighted by Crippen LogP contribution is -2.40. The maximum atomic E-state index is 12.4. The second kappa shape index (κ2) is 7.33. The molecule has 0 saturated heterocycles. The molecule has 0 fully saturated rings. The van der Waals surface area contributed by atoms with E-state index in [0.717, 1.165) is 30.4 Å². The smallest absolute Gasteiger partial charge is 0.214 e. The van der Waals surface area contributed by atoms with E-state index in [9.17, 15) is 17.9 Å². The lowest BCUT2D eigenvalue weighted by atomic mass is 9.88. The van der Waals surface area contributed by atoms with Crippen LogP contribution in [0.4, 0.5) is 4.39 Å². The van der Waals surface area contributed by atoms with E-state index < -0.39 is 16.7 Å². The molecule has 1 N–H and O–H groups in total. The van der Waals surface area contributed by atoms with Crippen molar-refractivity contribution in [3.8, 4) is 0 Å². The van der Waals surface area contributed by atoms with Gasteiger partial charge in [-0.15, -0.1) is 0 Å². The van der Waals surface area contributed by atoms with Crippen molar-refractivity contribution in [3.05, 3.63) is 35.4 Å². The predicted octanol–water partition coefficient (Wildman–Crippen LogP) is 2.05. The maximum absolute atomic E-state index is 12.4. The Labute approximate surface area is 125 Å². The molecule has 1 aromatic carbocycles. The van der Waals surface area contributed by atoms with E-state index in [2.05, 4.69) is 0 Å². The van der Waals surface area contributed by atoms with Crippen LogP contribution in [0.5, 0.6) is 0 Å². The highest BCUT2D eigenvalue weighted by Gasteiger charge is 2.32. The van der Waals surface area contributed by atoms with Crippen LogP contribution in [0.25, 0.3) is 0 Å². The molecular weight excluding hydrogens is 293 g/mol. The van der Waals surface area contributed by atoms with E-state index in [-0.39, 0.29) is 31.4 Å². The summed E-state index contributed by atoms with van der Waals surface area (Å²) in [5.74, 6) is -0.206. The first kappa shape index (κ1) is 16.4. The second-order valence-electron chi connectivity index (χ2n) is 5.30. The molecule has 2 rings (SSSR count). The van der Waals surface area contributed by atoms with Crippen LogP contribution in [0.3, 0.4) is 0 Å². The van der Waals surface area contributed by atoms with Gasteiger partial charge in [0.2, 0.25) is 10.0 Å². The molecule has 0 aliphatic heterocycles. The molecule has 0 heterocycles. The number of nitrogens with zero attached hydrogens (tertiary/aromatic N) is 1. The molecule has 1 aliphatic rings. The van der Waals surface area contributed by atoms with Gasteiger partial charge in [0.15, 0.2) is 0 Å². The Hall–Kier alpha value is -0.980. The van der Waals surface area contributed by atoms with Crippen molar-refractivity contribution in [2.45, 2.75) is 31.7 Å². The third kappa shape index (κ3) is 3.81. The van der Waals surface area contributed by atoms with Gasteiger partial charge < -0.3 is 5.11 Å². The highest BCUT2D eigenvalue weighted by atomic mass is 32.2. The Morgan fingerprint density at radius 3 is 2.81 bits per heavy atom. The Morgan fingerprint density at radius 1 is 1.33 bits per heavy atom. The fourth-order valence-corrected chi connectivity index (χ4v) is 4.64. The normalized spacial score (nSPS) is 18.7. The number of fused-ring (bicyclic) bond motifs is 1. The van der Waals surface area contributed by atoms with E-state index in [1.54, 1.807) is 0 Å². The molecule has 118 valence electrons. The Morgan fingerprint density at radius 2 is 2.10 bits per heavy atom. The molecule has 4 nitrogen and oxygen atoms in total. The lowest BCUT2D eigenvalue weighted by Gasteiger charge is -2.34. The van der Waals surface area contributed by atoms with E-state index >= 15 is 0 Å². The number of sulfonamides is 1. The van der Waals surface area contributed by atoms with Crippen molar-refractivity contribution in [1.82, 2.24) is 4.31 Å². The van der Waals surface area contributed by atoms with Crippen molar-refractivity contribution in [2.24, 2.45) is 0 Å². The maximum Gasteiger partial charge on any atom is 0.214 e. The monoisotopic (exact) mass is 315 g/mol. The number of aliphatic hydroxyl groups is 1. The van der Waals surface area contributed by atoms with Gasteiger partial charge in [-0.2, -0.15) is 4.31 Å². The highest BCUT2D eigenvalue weighted by molar-refractivity contribution is 7.89. The first-order valence-corrected chi connectivity index (χ1v) is 8.95. The Bertz CT molecular complexity index is 562. The van der Waals surface area contributed by atoms with Gasteiger partial charge in [-0.25, -0.2) is 8.42 Å². The Balaban J connectivity index is 2.31. The van der Waals surface area contributed by atoms with E-state index in [0.29, 0.717) is 0 Å². The summed E-state index contributed by atoms with van der Waals surface area (Å²) in [4.78, 5) is 0. The van der Waals surface area contributed by atoms with Crippen LogP contribution in [0.15, 0.2) is 24.3 Å². The van der Waals surface area contributed by atoms with Gasteiger partial charge in [0.25, 0.3) is 0 Å². The molecular formula is C15H22FNO3S. The summed E-state index contributed by atoms with van der Waals surface area (Å²) in [6, 6.07) is 7.59. The van der Waals surface area contributed by atoms with Crippen molar-refractivity contribution in [1.29, 1.82) is 0 Å². The van der Waals surface area contributed by atoms with Crippen LogP contribution in [0.1, 0.15) is 36.4 Å². The minimum atomic E-state index is -3.56. The van der Waals surface area contributed by atoms with E-state index in [1.165, 1.54) is 4.31 Å².